The lowest BCUT2D eigenvalue weighted by Gasteiger charge is -2.40. The Morgan fingerprint density at radius 3 is 2.17 bits per heavy atom. The number of hydrogen-bond donors (Lipinski definition) is 2. The molecule has 0 unspecified atom stereocenters. The number of amides is 1. The summed E-state index contributed by atoms with van der Waals surface area (Å²) < 4.78 is 0. The smallest absolute Gasteiger partial charge is 0.335 e. The van der Waals surface area contributed by atoms with Crippen LogP contribution < -0.4 is 5.32 Å². The molecule has 1 aliphatic carbocycles. The first-order chi connectivity index (χ1) is 11.6. The van der Waals surface area contributed by atoms with Crippen molar-refractivity contribution in [2.75, 3.05) is 0 Å². The zero-order valence-electron chi connectivity index (χ0n) is 13.5. The maximum Gasteiger partial charge on any atom is 0.335 e. The lowest BCUT2D eigenvalue weighted by Crippen LogP contribution is -2.46. The van der Waals surface area contributed by atoms with Gasteiger partial charge in [0.2, 0.25) is 5.91 Å². The second-order valence-electron chi connectivity index (χ2n) is 6.48. The van der Waals surface area contributed by atoms with Crippen molar-refractivity contribution in [3.63, 3.8) is 0 Å². The molecular weight excluding hydrogens is 302 g/mol. The molecule has 2 aromatic carbocycles. The van der Waals surface area contributed by atoms with Crippen LogP contribution in [0.1, 0.15) is 40.7 Å². The highest BCUT2D eigenvalue weighted by molar-refractivity contribution is 5.87. The van der Waals surface area contributed by atoms with E-state index in [0.29, 0.717) is 6.54 Å². The van der Waals surface area contributed by atoms with Crippen LogP contribution in [0.4, 0.5) is 0 Å². The third-order valence-electron chi connectivity index (χ3n) is 4.83. The van der Waals surface area contributed by atoms with Crippen LogP contribution >= 0.6 is 0 Å². The molecule has 0 heterocycles. The Morgan fingerprint density at radius 2 is 1.62 bits per heavy atom. The van der Waals surface area contributed by atoms with E-state index in [4.69, 9.17) is 5.11 Å². The fraction of sp³-hybridized carbons (Fsp3) is 0.300. The zero-order chi connectivity index (χ0) is 17.0. The van der Waals surface area contributed by atoms with Crippen molar-refractivity contribution in [1.82, 2.24) is 5.32 Å². The molecule has 3 rings (SSSR count). The number of aromatic carboxylic acids is 1. The van der Waals surface area contributed by atoms with Crippen molar-refractivity contribution in [2.24, 2.45) is 5.41 Å². The summed E-state index contributed by atoms with van der Waals surface area (Å²) >= 11 is 0. The molecule has 0 radical (unpaired) electrons. The van der Waals surface area contributed by atoms with Crippen LogP contribution in [-0.2, 0) is 17.8 Å². The Labute approximate surface area is 141 Å². The highest BCUT2D eigenvalue weighted by atomic mass is 16.4. The molecule has 1 aliphatic rings. The summed E-state index contributed by atoms with van der Waals surface area (Å²) in [6.45, 7) is 0.426. The fourth-order valence-corrected chi connectivity index (χ4v) is 3.21. The average Bonchev–Trinajstić information content (AvgIpc) is 2.57. The Balaban J connectivity index is 1.61. The van der Waals surface area contributed by atoms with Gasteiger partial charge in [-0.3, -0.25) is 4.79 Å². The summed E-state index contributed by atoms with van der Waals surface area (Å²) in [4.78, 5) is 23.6. The van der Waals surface area contributed by atoms with Gasteiger partial charge < -0.3 is 10.4 Å². The SMILES string of the molecule is O=C(O)c1ccc(CNC(=O)C2(Cc3ccccc3)CCC2)cc1. The normalized spacial score (nSPS) is 15.3. The van der Waals surface area contributed by atoms with Gasteiger partial charge in [-0.1, -0.05) is 48.9 Å². The van der Waals surface area contributed by atoms with Crippen LogP contribution in [0.3, 0.4) is 0 Å². The van der Waals surface area contributed by atoms with Crippen LogP contribution in [0.25, 0.3) is 0 Å². The van der Waals surface area contributed by atoms with Crippen LogP contribution in [0.5, 0.6) is 0 Å². The minimum atomic E-state index is -0.943. The number of carboxylic acid groups (broad SMARTS) is 1. The standard InChI is InChI=1S/C20H21NO3/c22-18(23)17-9-7-16(8-10-17)14-21-19(24)20(11-4-12-20)13-15-5-2-1-3-6-15/h1-3,5-10H,4,11-14H2,(H,21,24)(H,22,23). The van der Waals surface area contributed by atoms with Crippen LogP contribution in [0.2, 0.25) is 0 Å². The number of carbonyl (C=O) groups excluding carboxylic acids is 1. The third kappa shape index (κ3) is 3.48. The molecule has 0 saturated heterocycles. The minimum Gasteiger partial charge on any atom is -0.478 e. The lowest BCUT2D eigenvalue weighted by atomic mass is 9.64. The summed E-state index contributed by atoms with van der Waals surface area (Å²) in [5.41, 5.74) is 2.06. The molecule has 1 amide bonds. The van der Waals surface area contributed by atoms with Gasteiger partial charge in [0.05, 0.1) is 11.0 Å². The molecule has 0 spiro atoms. The quantitative estimate of drug-likeness (QED) is 0.856. The first-order valence-electron chi connectivity index (χ1n) is 8.24. The number of rotatable bonds is 6. The number of carbonyl (C=O) groups is 2. The molecular formula is C20H21NO3. The van der Waals surface area contributed by atoms with E-state index in [0.717, 1.165) is 31.2 Å². The average molecular weight is 323 g/mol. The Hall–Kier alpha value is -2.62. The molecule has 2 aromatic rings. The number of nitrogens with one attached hydrogen (secondary N) is 1. The van der Waals surface area contributed by atoms with E-state index in [1.807, 2.05) is 18.2 Å². The number of benzene rings is 2. The topological polar surface area (TPSA) is 66.4 Å². The van der Waals surface area contributed by atoms with E-state index in [2.05, 4.69) is 17.4 Å². The molecule has 0 aliphatic heterocycles. The van der Waals surface area contributed by atoms with Gasteiger partial charge in [0.25, 0.3) is 0 Å². The Kier molecular flexibility index (Phi) is 4.65. The van der Waals surface area contributed by atoms with Gasteiger partial charge in [-0.15, -0.1) is 0 Å². The highest BCUT2D eigenvalue weighted by Crippen LogP contribution is 2.44. The van der Waals surface area contributed by atoms with Gasteiger partial charge in [0.1, 0.15) is 0 Å². The first kappa shape index (κ1) is 16.2. The van der Waals surface area contributed by atoms with E-state index in [1.54, 1.807) is 24.3 Å². The summed E-state index contributed by atoms with van der Waals surface area (Å²) in [7, 11) is 0. The van der Waals surface area contributed by atoms with Gasteiger partial charge in [0, 0.05) is 6.54 Å². The fourth-order valence-electron chi connectivity index (χ4n) is 3.21. The van der Waals surface area contributed by atoms with Crippen molar-refractivity contribution in [3.05, 3.63) is 71.3 Å². The molecule has 1 saturated carbocycles. The van der Waals surface area contributed by atoms with Crippen molar-refractivity contribution in [3.8, 4) is 0 Å². The van der Waals surface area contributed by atoms with E-state index >= 15 is 0 Å². The Morgan fingerprint density at radius 1 is 0.958 bits per heavy atom. The largest absolute Gasteiger partial charge is 0.478 e. The summed E-state index contributed by atoms with van der Waals surface area (Å²) in [5.74, 6) is -0.846. The van der Waals surface area contributed by atoms with Crippen LogP contribution in [-0.4, -0.2) is 17.0 Å². The molecule has 0 bridgehead atoms. The molecule has 1 fully saturated rings. The zero-order valence-corrected chi connectivity index (χ0v) is 13.5. The molecule has 2 N–H and O–H groups in total. The third-order valence-corrected chi connectivity index (χ3v) is 4.83. The number of carboxylic acids is 1. The van der Waals surface area contributed by atoms with Crippen LogP contribution in [0, 0.1) is 5.41 Å². The van der Waals surface area contributed by atoms with E-state index in [1.165, 1.54) is 5.56 Å². The minimum absolute atomic E-state index is 0.0971. The molecule has 124 valence electrons. The van der Waals surface area contributed by atoms with Crippen molar-refractivity contribution in [2.45, 2.75) is 32.2 Å². The maximum absolute atomic E-state index is 12.7. The van der Waals surface area contributed by atoms with Gasteiger partial charge in [0.15, 0.2) is 0 Å². The molecule has 24 heavy (non-hydrogen) atoms. The molecule has 4 heteroatoms. The first-order valence-corrected chi connectivity index (χ1v) is 8.24. The summed E-state index contributed by atoms with van der Waals surface area (Å²) in [6, 6.07) is 16.7. The van der Waals surface area contributed by atoms with Gasteiger partial charge in [-0.05, 0) is 42.5 Å². The monoisotopic (exact) mass is 323 g/mol. The van der Waals surface area contributed by atoms with Gasteiger partial charge >= 0.3 is 5.97 Å². The van der Waals surface area contributed by atoms with Crippen molar-refractivity contribution < 1.29 is 14.7 Å². The van der Waals surface area contributed by atoms with Crippen molar-refractivity contribution >= 4 is 11.9 Å². The molecule has 4 nitrogen and oxygen atoms in total. The van der Waals surface area contributed by atoms with Crippen molar-refractivity contribution in [1.29, 1.82) is 0 Å². The second-order valence-corrected chi connectivity index (χ2v) is 6.48. The predicted molar refractivity (Wildman–Crippen MR) is 91.7 cm³/mol. The van der Waals surface area contributed by atoms with Gasteiger partial charge in [-0.25, -0.2) is 4.79 Å². The predicted octanol–water partition coefficient (Wildman–Crippen LogP) is 3.41. The van der Waals surface area contributed by atoms with E-state index in [9.17, 15) is 9.59 Å². The van der Waals surface area contributed by atoms with Gasteiger partial charge in [-0.2, -0.15) is 0 Å². The summed E-state index contributed by atoms with van der Waals surface area (Å²) in [5, 5.41) is 11.9. The second kappa shape index (κ2) is 6.87. The summed E-state index contributed by atoms with van der Waals surface area (Å²) in [6.07, 6.45) is 3.71. The molecule has 0 aromatic heterocycles. The van der Waals surface area contributed by atoms with E-state index in [-0.39, 0.29) is 16.9 Å². The van der Waals surface area contributed by atoms with Crippen LogP contribution in [0.15, 0.2) is 54.6 Å². The maximum atomic E-state index is 12.7. The highest BCUT2D eigenvalue weighted by Gasteiger charge is 2.43. The number of hydrogen-bond acceptors (Lipinski definition) is 2. The molecule has 0 atom stereocenters. The Bertz CT molecular complexity index is 718. The lowest BCUT2D eigenvalue weighted by molar-refractivity contribution is -0.136. The van der Waals surface area contributed by atoms with E-state index < -0.39 is 5.97 Å².